The molecule has 0 unspecified atom stereocenters. The van der Waals surface area contributed by atoms with Crippen molar-refractivity contribution in [2.24, 2.45) is 0 Å². The van der Waals surface area contributed by atoms with Gasteiger partial charge >= 0.3 is 0 Å². The molecule has 0 saturated heterocycles. The number of hydrogen-bond acceptors (Lipinski definition) is 4. The number of anilines is 1. The minimum absolute atomic E-state index is 0.0144. The molecule has 0 amide bonds. The molecule has 3 rings (SSSR count). The van der Waals surface area contributed by atoms with Gasteiger partial charge in [0.15, 0.2) is 0 Å². The van der Waals surface area contributed by atoms with E-state index in [4.69, 9.17) is 5.21 Å². The Hall–Kier alpha value is -2.72. The maximum Gasteiger partial charge on any atom is 0.145 e. The molecule has 0 aromatic heterocycles. The van der Waals surface area contributed by atoms with Gasteiger partial charge in [-0.3, -0.25) is 10.7 Å². The number of phenolic OH excluding ortho intramolecular Hbond substituents is 2. The molecule has 0 spiro atoms. The van der Waals surface area contributed by atoms with E-state index in [0.717, 1.165) is 16.3 Å². The molecule has 0 radical (unpaired) electrons. The Kier molecular flexibility index (Phi) is 3.38. The highest BCUT2D eigenvalue weighted by Gasteiger charge is 2.13. The van der Waals surface area contributed by atoms with Crippen LogP contribution in [0.4, 0.5) is 5.69 Å². The van der Waals surface area contributed by atoms with Crippen LogP contribution in [-0.2, 0) is 6.42 Å². The van der Waals surface area contributed by atoms with Crippen molar-refractivity contribution in [1.82, 2.24) is 0 Å². The average molecular weight is 281 g/mol. The normalized spacial score (nSPS) is 10.7. The van der Waals surface area contributed by atoms with Gasteiger partial charge in [0.1, 0.15) is 17.2 Å². The smallest absolute Gasteiger partial charge is 0.145 e. The zero-order chi connectivity index (χ0) is 14.8. The maximum atomic E-state index is 10.3. The molecule has 0 atom stereocenters. The molecular formula is C17H15NO3. The summed E-state index contributed by atoms with van der Waals surface area (Å²) >= 11 is 0. The Morgan fingerprint density at radius 2 is 1.67 bits per heavy atom. The summed E-state index contributed by atoms with van der Waals surface area (Å²) in [5, 5.41) is 30.8. The molecule has 0 bridgehead atoms. The zero-order valence-corrected chi connectivity index (χ0v) is 11.2. The van der Waals surface area contributed by atoms with Crippen molar-refractivity contribution in [3.05, 3.63) is 65.7 Å². The van der Waals surface area contributed by atoms with Crippen LogP contribution >= 0.6 is 0 Å². The molecular weight excluding hydrogens is 266 g/mol. The number of fused-ring (bicyclic) bond motifs is 1. The first kappa shape index (κ1) is 13.3. The van der Waals surface area contributed by atoms with E-state index >= 15 is 0 Å². The summed E-state index contributed by atoms with van der Waals surface area (Å²) in [6, 6.07) is 16.3. The van der Waals surface area contributed by atoms with E-state index in [-0.39, 0.29) is 17.2 Å². The molecule has 106 valence electrons. The minimum atomic E-state index is -0.0144. The Morgan fingerprint density at radius 1 is 0.905 bits per heavy atom. The second-order valence-electron chi connectivity index (χ2n) is 4.93. The lowest BCUT2D eigenvalue weighted by atomic mass is 9.96. The van der Waals surface area contributed by atoms with Crippen molar-refractivity contribution >= 4 is 16.5 Å². The van der Waals surface area contributed by atoms with Gasteiger partial charge in [0.2, 0.25) is 0 Å². The van der Waals surface area contributed by atoms with Crippen molar-refractivity contribution in [2.75, 3.05) is 5.48 Å². The Morgan fingerprint density at radius 3 is 2.38 bits per heavy atom. The fraction of sp³-hybridized carbons (Fsp3) is 0.0588. The van der Waals surface area contributed by atoms with Crippen molar-refractivity contribution in [3.63, 3.8) is 0 Å². The van der Waals surface area contributed by atoms with Gasteiger partial charge < -0.3 is 10.2 Å². The Balaban J connectivity index is 2.22. The molecule has 0 aliphatic carbocycles. The molecule has 0 aliphatic rings. The number of benzene rings is 3. The number of hydrogen-bond donors (Lipinski definition) is 4. The number of nitrogens with one attached hydrogen (secondary N) is 1. The highest BCUT2D eigenvalue weighted by atomic mass is 16.5. The summed E-state index contributed by atoms with van der Waals surface area (Å²) in [7, 11) is 0. The molecule has 4 nitrogen and oxygen atoms in total. The van der Waals surface area contributed by atoms with Crippen LogP contribution in [0.1, 0.15) is 11.1 Å². The highest BCUT2D eigenvalue weighted by molar-refractivity contribution is 5.93. The summed E-state index contributed by atoms with van der Waals surface area (Å²) in [5.74, 6) is 0.125. The largest absolute Gasteiger partial charge is 0.508 e. The van der Waals surface area contributed by atoms with Crippen molar-refractivity contribution in [2.45, 2.75) is 6.42 Å². The standard InChI is InChI=1S/C17H15NO3/c19-13-7-6-12-9-16(18-21)17(20)15(14(12)10-13)8-11-4-2-1-3-5-11/h1-7,9-10,18-21H,8H2. The number of rotatable bonds is 3. The van der Waals surface area contributed by atoms with Gasteiger partial charge in [-0.1, -0.05) is 36.4 Å². The predicted molar refractivity (Wildman–Crippen MR) is 81.9 cm³/mol. The van der Waals surface area contributed by atoms with E-state index < -0.39 is 0 Å². The van der Waals surface area contributed by atoms with E-state index in [9.17, 15) is 10.2 Å². The molecule has 4 heteroatoms. The molecule has 0 heterocycles. The first-order valence-electron chi connectivity index (χ1n) is 6.60. The minimum Gasteiger partial charge on any atom is -0.508 e. The lowest BCUT2D eigenvalue weighted by molar-refractivity contribution is 0.380. The van der Waals surface area contributed by atoms with E-state index in [1.807, 2.05) is 35.8 Å². The summed E-state index contributed by atoms with van der Waals surface area (Å²) in [5.41, 5.74) is 3.96. The second-order valence-corrected chi connectivity index (χ2v) is 4.93. The van der Waals surface area contributed by atoms with E-state index in [2.05, 4.69) is 0 Å². The van der Waals surface area contributed by atoms with Crippen LogP contribution in [-0.4, -0.2) is 15.4 Å². The van der Waals surface area contributed by atoms with Crippen LogP contribution in [0.15, 0.2) is 54.6 Å². The molecule has 3 aromatic carbocycles. The van der Waals surface area contributed by atoms with Gasteiger partial charge in [0, 0.05) is 12.0 Å². The lowest BCUT2D eigenvalue weighted by Gasteiger charge is -2.13. The van der Waals surface area contributed by atoms with Crippen LogP contribution in [0.2, 0.25) is 0 Å². The maximum absolute atomic E-state index is 10.3. The van der Waals surface area contributed by atoms with Crippen molar-refractivity contribution in [3.8, 4) is 11.5 Å². The molecule has 0 fully saturated rings. The molecule has 0 aliphatic heterocycles. The topological polar surface area (TPSA) is 72.7 Å². The van der Waals surface area contributed by atoms with Gasteiger partial charge in [0.25, 0.3) is 0 Å². The van der Waals surface area contributed by atoms with Crippen LogP contribution in [0.25, 0.3) is 10.8 Å². The van der Waals surface area contributed by atoms with E-state index in [1.54, 1.807) is 24.3 Å². The molecule has 4 N–H and O–H groups in total. The molecule has 21 heavy (non-hydrogen) atoms. The van der Waals surface area contributed by atoms with Crippen LogP contribution in [0.5, 0.6) is 11.5 Å². The van der Waals surface area contributed by atoms with Crippen molar-refractivity contribution < 1.29 is 15.4 Å². The average Bonchev–Trinajstić information content (AvgIpc) is 2.51. The third-order valence-corrected chi connectivity index (χ3v) is 3.55. The van der Waals surface area contributed by atoms with Gasteiger partial charge in [0.05, 0.1) is 0 Å². The summed E-state index contributed by atoms with van der Waals surface area (Å²) in [6.07, 6.45) is 0.502. The first-order valence-corrected chi connectivity index (χ1v) is 6.60. The Labute approximate surface area is 121 Å². The van der Waals surface area contributed by atoms with Gasteiger partial charge in [-0.05, 0) is 34.5 Å². The highest BCUT2D eigenvalue weighted by Crippen LogP contribution is 2.37. The zero-order valence-electron chi connectivity index (χ0n) is 11.2. The van der Waals surface area contributed by atoms with Gasteiger partial charge in [-0.2, -0.15) is 0 Å². The quantitative estimate of drug-likeness (QED) is 0.437. The fourth-order valence-corrected chi connectivity index (χ4v) is 2.51. The first-order chi connectivity index (χ1) is 10.2. The van der Waals surface area contributed by atoms with E-state index in [1.165, 1.54) is 0 Å². The number of aromatic hydroxyl groups is 2. The van der Waals surface area contributed by atoms with Crippen LogP contribution < -0.4 is 5.48 Å². The van der Waals surface area contributed by atoms with E-state index in [0.29, 0.717) is 12.0 Å². The Bertz CT molecular complexity index is 785. The third kappa shape index (κ3) is 2.49. The fourth-order valence-electron chi connectivity index (χ4n) is 2.51. The summed E-state index contributed by atoms with van der Waals surface area (Å²) < 4.78 is 0. The summed E-state index contributed by atoms with van der Waals surface area (Å²) in [6.45, 7) is 0. The summed E-state index contributed by atoms with van der Waals surface area (Å²) in [4.78, 5) is 0. The third-order valence-electron chi connectivity index (χ3n) is 3.55. The van der Waals surface area contributed by atoms with Crippen LogP contribution in [0, 0.1) is 0 Å². The second kappa shape index (κ2) is 5.34. The predicted octanol–water partition coefficient (Wildman–Crippen LogP) is 3.64. The van der Waals surface area contributed by atoms with Crippen LogP contribution in [0.3, 0.4) is 0 Å². The number of phenols is 2. The van der Waals surface area contributed by atoms with Gasteiger partial charge in [-0.15, -0.1) is 0 Å². The SMILES string of the molecule is ONc1cc2ccc(O)cc2c(Cc2ccccc2)c1O. The monoisotopic (exact) mass is 281 g/mol. The molecule has 3 aromatic rings. The van der Waals surface area contributed by atoms with Gasteiger partial charge in [-0.25, -0.2) is 0 Å². The lowest BCUT2D eigenvalue weighted by Crippen LogP contribution is -1.96. The van der Waals surface area contributed by atoms with Crippen molar-refractivity contribution in [1.29, 1.82) is 0 Å². The molecule has 0 saturated carbocycles.